The van der Waals surface area contributed by atoms with E-state index in [1.54, 1.807) is 41.5 Å². The number of imide groups is 2. The number of amides is 10. The number of unbranched alkanes of at least 4 members (excludes halogenated alkanes) is 2. The number of aliphatic hydroxyl groups is 2. The summed E-state index contributed by atoms with van der Waals surface area (Å²) >= 11 is 0. The Morgan fingerprint density at radius 2 is 0.701 bits per heavy atom. The van der Waals surface area contributed by atoms with E-state index in [0.717, 1.165) is 61.5 Å². The number of carboxylic acid groups (broad SMARTS) is 8. The molecule has 0 aromatic carbocycles. The van der Waals surface area contributed by atoms with Gasteiger partial charge in [0.05, 0.1) is 61.1 Å². The number of carbonyl (C=O) groups excluding carboxylic acids is 10. The maximum absolute atomic E-state index is 12.3. The minimum atomic E-state index is -1.45. The third-order valence-corrected chi connectivity index (χ3v) is 41.8. The molecule has 0 saturated carbocycles. The van der Waals surface area contributed by atoms with E-state index in [9.17, 15) is 86.3 Å². The largest absolute Gasteiger partial charge is 0.481 e. The number of nitrogens with one attached hydrogen (secondary N) is 6. The highest BCUT2D eigenvalue weighted by molar-refractivity contribution is 7.39. The van der Waals surface area contributed by atoms with Crippen LogP contribution in [-0.2, 0) is 95.2 Å². The van der Waals surface area contributed by atoms with E-state index < -0.39 is 152 Å². The van der Waals surface area contributed by atoms with Crippen LogP contribution < -0.4 is 43.4 Å². The van der Waals surface area contributed by atoms with E-state index >= 15 is 0 Å². The molecule has 0 aromatic rings. The molecule has 2 heterocycles. The molecule has 43 heteroatoms. The van der Waals surface area contributed by atoms with Crippen molar-refractivity contribution in [1.29, 1.82) is 0 Å². The molecular weight excluding hydrogens is 1710 g/mol. The Bertz CT molecular complexity index is 3490. The number of carbonyl (C=O) groups is 18. The number of aliphatic hydroxyl groups excluding tert-OH is 2. The minimum absolute atomic E-state index is 0. The van der Waals surface area contributed by atoms with Crippen LogP contribution in [0.5, 0.6) is 0 Å². The Labute approximate surface area is 753 Å². The monoisotopic (exact) mass is 1870 g/mol. The number of aliphatic carboxylic acids is 8. The number of likely N-dealkylation sites (tertiary alicyclic amines) is 2. The van der Waals surface area contributed by atoms with Crippen molar-refractivity contribution < 1.29 is 148 Å². The molecule has 2 rings (SSSR count). The Morgan fingerprint density at radius 3 is 0.898 bits per heavy atom. The van der Waals surface area contributed by atoms with Crippen LogP contribution in [0.15, 0.2) is 71.4 Å². The topological polar surface area (TPSA) is 659 Å². The lowest BCUT2D eigenvalue weighted by molar-refractivity contribution is -0.151. The van der Waals surface area contributed by atoms with Crippen molar-refractivity contribution in [3.05, 3.63) is 71.4 Å². The lowest BCUT2D eigenvalue weighted by Crippen LogP contribution is -2.61. The molecule has 0 bridgehead atoms. The second kappa shape index (κ2) is 67.0. The zero-order valence-corrected chi connectivity index (χ0v) is 83.6. The highest BCUT2D eigenvalue weighted by Crippen LogP contribution is 2.41. The minimum Gasteiger partial charge on any atom is -0.481 e. The van der Waals surface area contributed by atoms with Crippen molar-refractivity contribution in [3.63, 3.8) is 0 Å². The first-order valence-corrected chi connectivity index (χ1v) is 50.8. The van der Waals surface area contributed by atoms with Gasteiger partial charge in [0.15, 0.2) is 16.2 Å². The SMILES string of the molecule is C/C(=C/C(=O)O)C(=O)NCNC(=O)/C(C)=C\C(=O)O.C/C(=C/C(=O)O)C(=O)NCNC(=O)/C(C)=C\C(=O)O.C/C(=C/C(=O)O)C(=O)O.C=C.CC(C(=O)O)C(C)(C)C(=O)NCNC(=O)C(C)(C)C(C)C(=O)O.CC(C)COCC(C)C.CC1C(=O)N(CN2C(=O)C(C)C(C)(C)C2=O)C(=O)C1(C)C.CCCC[Si](C)(C)O[Si](C)(C)[Si](C)(C)CCCC.CO.CO.NCN.[2HH]. The molecule has 2 aliphatic rings. The molecule has 2 fully saturated rings. The number of nitrogens with two attached hydrogens (primary N) is 2. The Balaban J connectivity index is -0.000000158. The number of carboxylic acids is 8. The molecule has 2 saturated heterocycles. The molecule has 20 N–H and O–H groups in total. The molecule has 0 spiro atoms. The van der Waals surface area contributed by atoms with Crippen molar-refractivity contribution in [3.8, 4) is 0 Å². The third-order valence-electron chi connectivity index (χ3n) is 19.7. The van der Waals surface area contributed by atoms with Crippen molar-refractivity contribution in [2.45, 2.75) is 236 Å². The van der Waals surface area contributed by atoms with E-state index in [4.69, 9.17) is 59.9 Å². The first kappa shape index (κ1) is 135. The van der Waals surface area contributed by atoms with E-state index in [-0.39, 0.29) is 86.3 Å². The number of hydrogen-bond acceptors (Lipinski definition) is 24. The van der Waals surface area contributed by atoms with Gasteiger partial charge in [-0.2, -0.15) is 0 Å². The summed E-state index contributed by atoms with van der Waals surface area (Å²) in [5, 5.41) is 95.6. The normalized spacial score (nSPS) is 15.2. The summed E-state index contributed by atoms with van der Waals surface area (Å²) in [6.07, 6.45) is 8.94. The lowest BCUT2D eigenvalue weighted by Gasteiger charge is -2.43. The first-order chi connectivity index (χ1) is 57.8. The van der Waals surface area contributed by atoms with Crippen LogP contribution in [0.4, 0.5) is 0 Å². The van der Waals surface area contributed by atoms with Gasteiger partial charge in [-0.25, -0.2) is 28.8 Å². The molecule has 127 heavy (non-hydrogen) atoms. The zero-order chi connectivity index (χ0) is 103. The molecule has 2 aliphatic heterocycles. The summed E-state index contributed by atoms with van der Waals surface area (Å²) in [7, 11) is -2.01. The van der Waals surface area contributed by atoms with Crippen LogP contribution in [-0.4, -0.2) is 252 Å². The van der Waals surface area contributed by atoms with Crippen molar-refractivity contribution in [2.24, 2.45) is 68.6 Å². The van der Waals surface area contributed by atoms with Crippen LogP contribution in [0.2, 0.25) is 51.4 Å². The summed E-state index contributed by atoms with van der Waals surface area (Å²) in [5.41, 5.74) is 5.05. The summed E-state index contributed by atoms with van der Waals surface area (Å²) in [4.78, 5) is 203. The van der Waals surface area contributed by atoms with Gasteiger partial charge in [0.1, 0.15) is 6.67 Å². The summed E-state index contributed by atoms with van der Waals surface area (Å²) in [5.74, 6) is -16.0. The predicted octanol–water partition coefficient (Wildman–Crippen LogP) is 7.50. The molecule has 10 amide bonds. The summed E-state index contributed by atoms with van der Waals surface area (Å²) < 4.78 is 12.2. The first-order valence-electron chi connectivity index (χ1n) is 40.6. The van der Waals surface area contributed by atoms with E-state index in [1.165, 1.54) is 114 Å². The van der Waals surface area contributed by atoms with Crippen LogP contribution in [0.25, 0.3) is 0 Å². The summed E-state index contributed by atoms with van der Waals surface area (Å²) in [6, 6.07) is 2.80. The Morgan fingerprint density at radius 1 is 0.465 bits per heavy atom. The fourth-order valence-electron chi connectivity index (χ4n) is 9.59. The maximum atomic E-state index is 12.3. The van der Waals surface area contributed by atoms with Crippen molar-refractivity contribution >= 4 is 131 Å². The Kier molecular flexibility index (Phi) is 71.1. The molecule has 0 radical (unpaired) electrons. The molecule has 734 valence electrons. The average Bonchev–Trinajstić information content (AvgIpc) is 1.60. The van der Waals surface area contributed by atoms with Crippen LogP contribution in [0.1, 0.15) is 186 Å². The molecule has 0 aliphatic carbocycles. The van der Waals surface area contributed by atoms with Gasteiger partial charge in [-0.15, -0.1) is 13.2 Å². The van der Waals surface area contributed by atoms with Gasteiger partial charge in [-0.05, 0) is 78.7 Å². The fourth-order valence-corrected chi connectivity index (χ4v) is 27.0. The van der Waals surface area contributed by atoms with Gasteiger partial charge in [-0.3, -0.25) is 67.3 Å². The summed E-state index contributed by atoms with van der Waals surface area (Å²) in [6.45, 7) is 60.9. The zero-order valence-electron chi connectivity index (χ0n) is 80.6. The standard InChI is InChI=1S/C15H26N2O6.C15H22N2O4.C14H36OSi3.2C11H14N2O6.C8H18O.C5H6O4.C2H4.CH6N2.2CH4O.H2/c1-8(10(18)19)14(3,4)12(22)16-7-17-13(23)15(5,6)9(2)11(20)21;1-8-10(18)16(12(20)14(8,3)4)7-17-11(19)9(2)15(5,6)13(17)21;1-9-11-13-16(3,4)15-18(7,8)17(5,6)14-12-10-2;2*1-6(3-8(14)15)10(18)12-5-13-11(19)7(2)4-9(16)17;1-7(2)5-9-6-8(3)4;1-3(5(8)9)2-4(6)7;1-2;2-1-3;2*1-2;/h8-9H,7H2,1-6H3,(H,16,22)(H,17,23)(H,18,19)(H,20,21);8-9H,7H2,1-6H3;9-14H2,1-8H3;2*3-4H,5H2,1-2H3,(H,12,18)(H,13,19)(H,14,15)(H,16,17);7-8H,5-6H2,1-4H3;2H,1H3,(H,6,7)(H,8,9);1-2H2;1-3H2;2*2H,1H3;1H/b;;;2*6-3-,7-4-;;3-2-;;;;;/i;;;;;;;;;;;1+1. The molecule has 0 aromatic heterocycles. The van der Waals surface area contributed by atoms with Crippen LogP contribution in [0.3, 0.4) is 0 Å². The van der Waals surface area contributed by atoms with E-state index in [0.29, 0.717) is 17.9 Å². The highest BCUT2D eigenvalue weighted by atomic mass is 29.3. The molecular formula is C84H156N10O30Si3. The number of rotatable bonds is 37. The second-order valence-corrected chi connectivity index (χ2v) is 53.3. The van der Waals surface area contributed by atoms with Gasteiger partial charge in [0.25, 0.3) is 0 Å². The number of nitrogens with zero attached hydrogens (tertiary/aromatic N) is 2. The number of hydrogen-bond donors (Lipinski definition) is 18. The third kappa shape index (κ3) is 56.5. The Hall–Kier alpha value is -10.3. The number of ether oxygens (including phenoxy) is 1. The smallest absolute Gasteiger partial charge is 0.331 e. The van der Waals surface area contributed by atoms with Gasteiger partial charge in [-0.1, -0.05) is 169 Å². The van der Waals surface area contributed by atoms with Gasteiger partial charge in [0.2, 0.25) is 59.1 Å². The fraction of sp³-hybridized carbons (Fsp3) is 0.643. The van der Waals surface area contributed by atoms with E-state index in [2.05, 4.69) is 137 Å². The second-order valence-electron chi connectivity index (χ2n) is 33.5. The molecule has 4 unspecified atom stereocenters. The van der Waals surface area contributed by atoms with Gasteiger partial charge < -0.3 is 103 Å². The van der Waals surface area contributed by atoms with Gasteiger partial charge >= 0.3 is 47.8 Å². The average molecular weight is 1870 g/mol. The van der Waals surface area contributed by atoms with Crippen molar-refractivity contribution in [2.75, 3.05) is 60.8 Å². The highest BCUT2D eigenvalue weighted by Gasteiger charge is 2.56. The van der Waals surface area contributed by atoms with Crippen molar-refractivity contribution in [1.82, 2.24) is 41.7 Å². The quantitative estimate of drug-likeness (QED) is 0.00941. The molecule has 40 nitrogen and oxygen atoms in total. The molecule has 4 atom stereocenters. The van der Waals surface area contributed by atoms with Crippen LogP contribution >= 0.6 is 0 Å². The predicted molar refractivity (Wildman–Crippen MR) is 490 cm³/mol. The van der Waals surface area contributed by atoms with Gasteiger partial charge in [0, 0.05) is 106 Å². The van der Waals surface area contributed by atoms with E-state index in [1.807, 2.05) is 0 Å². The lowest BCUT2D eigenvalue weighted by atomic mass is 9.79. The van der Waals surface area contributed by atoms with Crippen LogP contribution in [0, 0.1) is 57.2 Å². The maximum Gasteiger partial charge on any atom is 0.331 e.